The molecule has 5 nitrogen and oxygen atoms in total. The first-order chi connectivity index (χ1) is 12.5. The molecule has 0 bridgehead atoms. The van der Waals surface area contributed by atoms with Crippen molar-refractivity contribution in [3.8, 4) is 11.5 Å². The molecular formula is C20H17ClO5. The molecule has 0 aromatic heterocycles. The molecule has 1 aliphatic heterocycles. The Hall–Kier alpha value is -2.79. The van der Waals surface area contributed by atoms with Gasteiger partial charge in [-0.05, 0) is 49.8 Å². The van der Waals surface area contributed by atoms with Gasteiger partial charge in [-0.2, -0.15) is 0 Å². The standard InChI is InChI=1S/C20H17ClO5/c1-3-24-20(23)12(2)25-15-7-8-16-17(11-15)26-18(19(16)22)10-13-5-4-6-14(21)9-13/h4-12H,3H2,1-2H3/t12-/m0/s1. The van der Waals surface area contributed by atoms with Gasteiger partial charge >= 0.3 is 5.97 Å². The fraction of sp³-hybridized carbons (Fsp3) is 0.200. The molecule has 3 rings (SSSR count). The first-order valence-corrected chi connectivity index (χ1v) is 8.53. The second kappa shape index (κ2) is 7.62. The molecule has 1 atom stereocenters. The maximum absolute atomic E-state index is 12.5. The Morgan fingerprint density at radius 3 is 2.81 bits per heavy atom. The summed E-state index contributed by atoms with van der Waals surface area (Å²) < 4.78 is 16.1. The van der Waals surface area contributed by atoms with E-state index in [0.29, 0.717) is 22.1 Å². The summed E-state index contributed by atoms with van der Waals surface area (Å²) in [5.41, 5.74) is 1.20. The van der Waals surface area contributed by atoms with Crippen LogP contribution in [0.5, 0.6) is 11.5 Å². The number of fused-ring (bicyclic) bond motifs is 1. The van der Waals surface area contributed by atoms with E-state index in [1.807, 2.05) is 6.07 Å². The van der Waals surface area contributed by atoms with Gasteiger partial charge in [0.05, 0.1) is 12.2 Å². The van der Waals surface area contributed by atoms with Crippen LogP contribution in [0.2, 0.25) is 5.02 Å². The van der Waals surface area contributed by atoms with Crippen LogP contribution >= 0.6 is 11.6 Å². The molecule has 0 saturated heterocycles. The Morgan fingerprint density at radius 1 is 1.27 bits per heavy atom. The smallest absolute Gasteiger partial charge is 0.347 e. The molecule has 6 heteroatoms. The van der Waals surface area contributed by atoms with Crippen molar-refractivity contribution in [2.45, 2.75) is 20.0 Å². The molecular weight excluding hydrogens is 356 g/mol. The minimum Gasteiger partial charge on any atom is -0.479 e. The van der Waals surface area contributed by atoms with Crippen LogP contribution in [-0.4, -0.2) is 24.5 Å². The fourth-order valence-electron chi connectivity index (χ4n) is 2.50. The van der Waals surface area contributed by atoms with Crippen LogP contribution in [0.1, 0.15) is 29.8 Å². The quantitative estimate of drug-likeness (QED) is 0.579. The monoisotopic (exact) mass is 372 g/mol. The number of carbonyl (C=O) groups excluding carboxylic acids is 2. The molecule has 2 aromatic carbocycles. The van der Waals surface area contributed by atoms with Crippen molar-refractivity contribution in [1.29, 1.82) is 0 Å². The van der Waals surface area contributed by atoms with Crippen LogP contribution in [0.4, 0.5) is 0 Å². The maximum Gasteiger partial charge on any atom is 0.347 e. The maximum atomic E-state index is 12.5. The molecule has 0 radical (unpaired) electrons. The van der Waals surface area contributed by atoms with Gasteiger partial charge in [-0.15, -0.1) is 0 Å². The van der Waals surface area contributed by atoms with Crippen LogP contribution < -0.4 is 9.47 Å². The third-order valence-electron chi connectivity index (χ3n) is 3.72. The van der Waals surface area contributed by atoms with E-state index in [9.17, 15) is 9.59 Å². The number of hydrogen-bond donors (Lipinski definition) is 0. The highest BCUT2D eigenvalue weighted by Gasteiger charge is 2.28. The molecule has 2 aromatic rings. The first-order valence-electron chi connectivity index (χ1n) is 8.15. The number of benzene rings is 2. The summed E-state index contributed by atoms with van der Waals surface area (Å²) >= 11 is 5.96. The number of ketones is 1. The van der Waals surface area contributed by atoms with E-state index in [0.717, 1.165) is 5.56 Å². The highest BCUT2D eigenvalue weighted by Crippen LogP contribution is 2.35. The molecule has 0 amide bonds. The number of halogens is 1. The number of Topliss-reactive ketones (excluding diaryl/α,β-unsaturated/α-hetero) is 1. The van der Waals surface area contributed by atoms with Crippen LogP contribution in [0.15, 0.2) is 48.2 Å². The summed E-state index contributed by atoms with van der Waals surface area (Å²) in [6.07, 6.45) is 0.877. The lowest BCUT2D eigenvalue weighted by Crippen LogP contribution is -2.26. The summed E-state index contributed by atoms with van der Waals surface area (Å²) in [4.78, 5) is 24.1. The van der Waals surface area contributed by atoms with E-state index in [4.69, 9.17) is 25.8 Å². The van der Waals surface area contributed by atoms with Gasteiger partial charge in [0.2, 0.25) is 5.78 Å². The number of ether oxygens (including phenoxy) is 3. The topological polar surface area (TPSA) is 61.8 Å². The van der Waals surface area contributed by atoms with Crippen LogP contribution in [0.25, 0.3) is 6.08 Å². The third-order valence-corrected chi connectivity index (χ3v) is 3.95. The fourth-order valence-corrected chi connectivity index (χ4v) is 2.70. The summed E-state index contributed by atoms with van der Waals surface area (Å²) in [6.45, 7) is 3.61. The summed E-state index contributed by atoms with van der Waals surface area (Å²) in [5.74, 6) is 0.340. The van der Waals surface area contributed by atoms with Gasteiger partial charge in [-0.25, -0.2) is 4.79 Å². The number of esters is 1. The van der Waals surface area contributed by atoms with Crippen LogP contribution in [0.3, 0.4) is 0 Å². The van der Waals surface area contributed by atoms with Crippen molar-refractivity contribution in [1.82, 2.24) is 0 Å². The van der Waals surface area contributed by atoms with E-state index in [2.05, 4.69) is 0 Å². The van der Waals surface area contributed by atoms with Crippen molar-refractivity contribution in [3.63, 3.8) is 0 Å². The summed E-state index contributed by atoms with van der Waals surface area (Å²) in [5, 5.41) is 0.575. The summed E-state index contributed by atoms with van der Waals surface area (Å²) in [7, 11) is 0. The van der Waals surface area contributed by atoms with Gasteiger partial charge in [-0.3, -0.25) is 4.79 Å². The highest BCUT2D eigenvalue weighted by atomic mass is 35.5. The minimum atomic E-state index is -0.758. The average molecular weight is 373 g/mol. The van der Waals surface area contributed by atoms with Crippen molar-refractivity contribution < 1.29 is 23.8 Å². The predicted octanol–water partition coefficient (Wildman–Crippen LogP) is 4.29. The zero-order chi connectivity index (χ0) is 18.7. The van der Waals surface area contributed by atoms with Gasteiger partial charge in [0.1, 0.15) is 11.5 Å². The first kappa shape index (κ1) is 18.0. The van der Waals surface area contributed by atoms with E-state index < -0.39 is 12.1 Å². The van der Waals surface area contributed by atoms with Gasteiger partial charge in [0.15, 0.2) is 11.9 Å². The van der Waals surface area contributed by atoms with Gasteiger partial charge < -0.3 is 14.2 Å². The Morgan fingerprint density at radius 2 is 2.08 bits per heavy atom. The largest absolute Gasteiger partial charge is 0.479 e. The predicted molar refractivity (Wildman–Crippen MR) is 97.6 cm³/mol. The molecule has 0 aliphatic carbocycles. The minimum absolute atomic E-state index is 0.206. The SMILES string of the molecule is CCOC(=O)[C@H](C)Oc1ccc2c(c1)OC(=Cc1cccc(Cl)c1)C2=O. The highest BCUT2D eigenvalue weighted by molar-refractivity contribution is 6.30. The van der Waals surface area contributed by atoms with E-state index in [1.165, 1.54) is 0 Å². The Balaban J connectivity index is 1.79. The molecule has 0 saturated carbocycles. The van der Waals surface area contributed by atoms with E-state index in [1.54, 1.807) is 56.3 Å². The van der Waals surface area contributed by atoms with Gasteiger partial charge in [0.25, 0.3) is 0 Å². The Bertz CT molecular complexity index is 888. The Labute approximate surface area is 156 Å². The molecule has 134 valence electrons. The van der Waals surface area contributed by atoms with Crippen LogP contribution in [-0.2, 0) is 9.53 Å². The van der Waals surface area contributed by atoms with Crippen LogP contribution in [0, 0.1) is 0 Å². The molecule has 0 fully saturated rings. The van der Waals surface area contributed by atoms with Gasteiger partial charge in [0, 0.05) is 11.1 Å². The molecule has 26 heavy (non-hydrogen) atoms. The van der Waals surface area contributed by atoms with Crippen molar-refractivity contribution >= 4 is 29.4 Å². The van der Waals surface area contributed by atoms with Gasteiger partial charge in [-0.1, -0.05) is 23.7 Å². The molecule has 1 heterocycles. The lowest BCUT2D eigenvalue weighted by molar-refractivity contribution is -0.150. The number of carbonyl (C=O) groups is 2. The normalized spacial score (nSPS) is 15.3. The Kier molecular flexibility index (Phi) is 5.28. The second-order valence-electron chi connectivity index (χ2n) is 5.66. The molecule has 0 N–H and O–H groups in total. The number of allylic oxidation sites excluding steroid dienone is 1. The van der Waals surface area contributed by atoms with E-state index >= 15 is 0 Å². The van der Waals surface area contributed by atoms with Crippen molar-refractivity contribution in [2.75, 3.05) is 6.61 Å². The number of rotatable bonds is 5. The zero-order valence-electron chi connectivity index (χ0n) is 14.3. The zero-order valence-corrected chi connectivity index (χ0v) is 15.1. The molecule has 1 aliphatic rings. The molecule has 0 unspecified atom stereocenters. The van der Waals surface area contributed by atoms with Crippen molar-refractivity contribution in [3.05, 3.63) is 64.4 Å². The second-order valence-corrected chi connectivity index (χ2v) is 6.10. The lowest BCUT2D eigenvalue weighted by Gasteiger charge is -2.13. The lowest BCUT2D eigenvalue weighted by atomic mass is 10.1. The average Bonchev–Trinajstić information content (AvgIpc) is 2.90. The van der Waals surface area contributed by atoms with E-state index in [-0.39, 0.29) is 18.1 Å². The van der Waals surface area contributed by atoms with Crippen molar-refractivity contribution in [2.24, 2.45) is 0 Å². The molecule has 0 spiro atoms. The third kappa shape index (κ3) is 3.89. The number of hydrogen-bond acceptors (Lipinski definition) is 5. The summed E-state index contributed by atoms with van der Waals surface area (Å²) in [6, 6.07) is 11.9.